The van der Waals surface area contributed by atoms with E-state index in [0.717, 1.165) is 16.6 Å². The Kier molecular flexibility index (Phi) is 4.72. The Morgan fingerprint density at radius 2 is 1.93 bits per heavy atom. The van der Waals surface area contributed by atoms with E-state index in [-0.39, 0.29) is 5.91 Å². The zero-order valence-corrected chi connectivity index (χ0v) is 15.5. The van der Waals surface area contributed by atoms with Gasteiger partial charge in [-0.2, -0.15) is 0 Å². The first kappa shape index (κ1) is 17.7. The molecule has 2 aromatic carbocycles. The zero-order valence-electron chi connectivity index (χ0n) is 15.5. The summed E-state index contributed by atoms with van der Waals surface area (Å²) in [5.41, 5.74) is 0. The maximum atomic E-state index is 12.6. The van der Waals surface area contributed by atoms with Gasteiger partial charge in [-0.05, 0) is 25.3 Å². The van der Waals surface area contributed by atoms with E-state index in [1.807, 2.05) is 54.0 Å². The molecule has 1 amide bonds. The van der Waals surface area contributed by atoms with Crippen LogP contribution in [-0.2, 0) is 4.79 Å². The maximum absolute atomic E-state index is 12.6. The molecule has 0 radical (unpaired) electrons. The Labute approximate surface area is 162 Å². The third kappa shape index (κ3) is 3.55. The van der Waals surface area contributed by atoms with Gasteiger partial charge >= 0.3 is 0 Å². The predicted molar refractivity (Wildman–Crippen MR) is 107 cm³/mol. The highest BCUT2D eigenvalue weighted by molar-refractivity contribution is 5.94. The summed E-state index contributed by atoms with van der Waals surface area (Å²) in [6, 6.07) is 15.4. The summed E-state index contributed by atoms with van der Waals surface area (Å²) in [6.07, 6.45) is 4.20. The van der Waals surface area contributed by atoms with Gasteiger partial charge in [0.15, 0.2) is 6.10 Å². The van der Waals surface area contributed by atoms with Crippen LogP contribution in [0, 0.1) is 6.92 Å². The van der Waals surface area contributed by atoms with Gasteiger partial charge in [-0.25, -0.2) is 15.0 Å². The largest absolute Gasteiger partial charge is 0.480 e. The number of imidazole rings is 1. The number of benzene rings is 2. The molecule has 140 valence electrons. The number of ether oxygens (including phenoxy) is 1. The zero-order chi connectivity index (χ0) is 19.5. The minimum Gasteiger partial charge on any atom is -0.480 e. The smallest absolute Gasteiger partial charge is 0.266 e. The molecular formula is C21H19N5O2. The van der Waals surface area contributed by atoms with Crippen molar-refractivity contribution in [3.05, 3.63) is 73.1 Å². The molecule has 4 rings (SSSR count). The van der Waals surface area contributed by atoms with Crippen LogP contribution in [0.4, 0.5) is 5.82 Å². The molecular weight excluding hydrogens is 354 g/mol. The highest BCUT2D eigenvalue weighted by Gasteiger charge is 2.17. The van der Waals surface area contributed by atoms with Gasteiger partial charge in [-0.15, -0.1) is 0 Å². The minimum atomic E-state index is -0.695. The van der Waals surface area contributed by atoms with Gasteiger partial charge < -0.3 is 10.1 Å². The molecule has 0 spiro atoms. The van der Waals surface area contributed by atoms with Gasteiger partial charge in [0.05, 0.1) is 0 Å². The Hall–Kier alpha value is -3.74. The fourth-order valence-corrected chi connectivity index (χ4v) is 2.94. The van der Waals surface area contributed by atoms with Crippen molar-refractivity contribution in [3.63, 3.8) is 0 Å². The molecule has 0 aliphatic rings. The monoisotopic (exact) mass is 373 g/mol. The van der Waals surface area contributed by atoms with E-state index in [9.17, 15) is 4.79 Å². The van der Waals surface area contributed by atoms with E-state index >= 15 is 0 Å². The van der Waals surface area contributed by atoms with Gasteiger partial charge in [0.1, 0.15) is 29.5 Å². The van der Waals surface area contributed by atoms with Gasteiger partial charge in [0, 0.05) is 23.8 Å². The Morgan fingerprint density at radius 3 is 2.75 bits per heavy atom. The third-order valence-electron chi connectivity index (χ3n) is 4.40. The van der Waals surface area contributed by atoms with Crippen LogP contribution in [0.1, 0.15) is 12.7 Å². The third-order valence-corrected chi connectivity index (χ3v) is 4.40. The molecule has 1 atom stereocenters. The molecule has 0 saturated carbocycles. The number of hydrogen-bond acceptors (Lipinski definition) is 5. The van der Waals surface area contributed by atoms with Crippen molar-refractivity contribution < 1.29 is 9.53 Å². The van der Waals surface area contributed by atoms with Gasteiger partial charge in [0.25, 0.3) is 5.91 Å². The molecule has 0 aliphatic carbocycles. The lowest BCUT2D eigenvalue weighted by Gasteiger charge is -2.16. The van der Waals surface area contributed by atoms with Crippen LogP contribution in [0.15, 0.2) is 67.3 Å². The van der Waals surface area contributed by atoms with Crippen molar-refractivity contribution in [1.82, 2.24) is 19.5 Å². The van der Waals surface area contributed by atoms with Crippen LogP contribution in [0.3, 0.4) is 0 Å². The number of fused-ring (bicyclic) bond motifs is 1. The summed E-state index contributed by atoms with van der Waals surface area (Å²) in [7, 11) is 0. The van der Waals surface area contributed by atoms with Crippen LogP contribution < -0.4 is 10.1 Å². The molecule has 1 N–H and O–H groups in total. The quantitative estimate of drug-likeness (QED) is 0.579. The molecule has 0 fully saturated rings. The summed E-state index contributed by atoms with van der Waals surface area (Å²) in [6.45, 7) is 3.58. The van der Waals surface area contributed by atoms with Crippen molar-refractivity contribution in [1.29, 1.82) is 0 Å². The number of rotatable bonds is 5. The first-order valence-electron chi connectivity index (χ1n) is 8.89. The Balaban J connectivity index is 1.50. The van der Waals surface area contributed by atoms with Gasteiger partial charge in [-0.1, -0.05) is 36.4 Å². The first-order valence-corrected chi connectivity index (χ1v) is 8.89. The molecule has 0 bridgehead atoms. The van der Waals surface area contributed by atoms with E-state index in [1.54, 1.807) is 25.4 Å². The standard InChI is InChI=1S/C21H19N5O2/c1-14(28-18-9-5-7-16-6-3-4-8-17(16)18)21(27)25-19-12-20(24-13-23-19)26-11-10-22-15(26)2/h3-14H,1-2H3,(H,23,24,25,27). The molecule has 1 unspecified atom stereocenters. The average Bonchev–Trinajstić information content (AvgIpc) is 3.14. The van der Waals surface area contributed by atoms with E-state index in [1.165, 1.54) is 6.33 Å². The summed E-state index contributed by atoms with van der Waals surface area (Å²) >= 11 is 0. The van der Waals surface area contributed by atoms with Crippen molar-refractivity contribution in [2.45, 2.75) is 20.0 Å². The molecule has 28 heavy (non-hydrogen) atoms. The molecule has 0 saturated heterocycles. The summed E-state index contributed by atoms with van der Waals surface area (Å²) in [5.74, 6) is 2.20. The number of aryl methyl sites for hydroxylation is 1. The number of carbonyl (C=O) groups excluding carboxylic acids is 1. The van der Waals surface area contributed by atoms with Gasteiger partial charge in [0.2, 0.25) is 0 Å². The number of carbonyl (C=O) groups is 1. The second kappa shape index (κ2) is 7.48. The first-order chi connectivity index (χ1) is 13.6. The number of nitrogens with one attached hydrogen (secondary N) is 1. The maximum Gasteiger partial charge on any atom is 0.266 e. The van der Waals surface area contributed by atoms with Crippen molar-refractivity contribution in [2.75, 3.05) is 5.32 Å². The Bertz CT molecular complexity index is 1130. The lowest BCUT2D eigenvalue weighted by atomic mass is 10.1. The highest BCUT2D eigenvalue weighted by Crippen LogP contribution is 2.26. The Morgan fingerprint density at radius 1 is 1.11 bits per heavy atom. The summed E-state index contributed by atoms with van der Waals surface area (Å²) in [4.78, 5) is 25.1. The van der Waals surface area contributed by atoms with Crippen molar-refractivity contribution in [3.8, 4) is 11.6 Å². The number of aromatic nitrogens is 4. The van der Waals surface area contributed by atoms with Crippen LogP contribution in [0.5, 0.6) is 5.75 Å². The fourth-order valence-electron chi connectivity index (χ4n) is 2.94. The number of nitrogens with zero attached hydrogens (tertiary/aromatic N) is 4. The average molecular weight is 373 g/mol. The van der Waals surface area contributed by atoms with Crippen LogP contribution in [0.25, 0.3) is 16.6 Å². The summed E-state index contributed by atoms with van der Waals surface area (Å²) in [5, 5.41) is 4.80. The topological polar surface area (TPSA) is 81.9 Å². The lowest BCUT2D eigenvalue weighted by molar-refractivity contribution is -0.122. The fraction of sp³-hybridized carbons (Fsp3) is 0.143. The van der Waals surface area contributed by atoms with Crippen LogP contribution in [-0.4, -0.2) is 31.5 Å². The van der Waals surface area contributed by atoms with Crippen LogP contribution in [0.2, 0.25) is 0 Å². The number of hydrogen-bond donors (Lipinski definition) is 1. The van der Waals surface area contributed by atoms with E-state index < -0.39 is 6.10 Å². The number of anilines is 1. The molecule has 7 heteroatoms. The number of amides is 1. The lowest BCUT2D eigenvalue weighted by Crippen LogP contribution is -2.30. The molecule has 7 nitrogen and oxygen atoms in total. The van der Waals surface area contributed by atoms with Crippen molar-refractivity contribution >= 4 is 22.5 Å². The van der Waals surface area contributed by atoms with Crippen molar-refractivity contribution in [2.24, 2.45) is 0 Å². The second-order valence-electron chi connectivity index (χ2n) is 6.33. The predicted octanol–water partition coefficient (Wildman–Crippen LogP) is 3.53. The molecule has 4 aromatic rings. The minimum absolute atomic E-state index is 0.292. The summed E-state index contributed by atoms with van der Waals surface area (Å²) < 4.78 is 7.73. The van der Waals surface area contributed by atoms with Gasteiger partial charge in [-0.3, -0.25) is 9.36 Å². The molecule has 2 aromatic heterocycles. The second-order valence-corrected chi connectivity index (χ2v) is 6.33. The van der Waals surface area contributed by atoms with Crippen LogP contribution >= 0.6 is 0 Å². The van der Waals surface area contributed by atoms with E-state index in [4.69, 9.17) is 4.74 Å². The van der Waals surface area contributed by atoms with E-state index in [0.29, 0.717) is 17.4 Å². The normalized spacial score (nSPS) is 11.9. The molecule has 2 heterocycles. The highest BCUT2D eigenvalue weighted by atomic mass is 16.5. The molecule has 0 aliphatic heterocycles. The SMILES string of the molecule is Cc1nccn1-c1cc(NC(=O)C(C)Oc2cccc3ccccc23)ncn1. The van der Waals surface area contributed by atoms with E-state index in [2.05, 4.69) is 20.3 Å².